The number of thioether (sulfide) groups is 1. The quantitative estimate of drug-likeness (QED) is 0.706. The fourth-order valence-electron chi connectivity index (χ4n) is 2.40. The summed E-state index contributed by atoms with van der Waals surface area (Å²) in [6.07, 6.45) is -2.83. The second-order valence-corrected chi connectivity index (χ2v) is 6.55. The van der Waals surface area contributed by atoms with Gasteiger partial charge in [0.2, 0.25) is 0 Å². The van der Waals surface area contributed by atoms with Crippen LogP contribution in [0.3, 0.4) is 0 Å². The van der Waals surface area contributed by atoms with Gasteiger partial charge in [0.25, 0.3) is 0 Å². The maximum Gasteiger partial charge on any atom is 0.161 e. The van der Waals surface area contributed by atoms with E-state index >= 15 is 0 Å². The third kappa shape index (κ3) is 3.68. The first kappa shape index (κ1) is 17.0. The Balaban J connectivity index is 1.99. The van der Waals surface area contributed by atoms with Gasteiger partial charge >= 0.3 is 0 Å². The summed E-state index contributed by atoms with van der Waals surface area (Å²) in [5, 5.41) is 21.2. The van der Waals surface area contributed by atoms with E-state index in [0.29, 0.717) is 6.42 Å². The monoisotopic (exact) mass is 322 g/mol. The predicted octanol–water partition coefficient (Wildman–Crippen LogP) is 0.231. The van der Waals surface area contributed by atoms with Gasteiger partial charge in [-0.25, -0.2) is 0 Å². The number of hydrogen-bond donors (Lipinski definition) is 2. The van der Waals surface area contributed by atoms with Crippen LogP contribution in [0.1, 0.15) is 13.3 Å². The van der Waals surface area contributed by atoms with Crippen LogP contribution in [0.25, 0.3) is 0 Å². The minimum atomic E-state index is -1.07. The maximum absolute atomic E-state index is 12.1. The Bertz CT molecular complexity index is 385. The van der Waals surface area contributed by atoms with E-state index in [0.717, 1.165) is 5.17 Å². The van der Waals surface area contributed by atoms with Crippen molar-refractivity contribution in [2.45, 2.75) is 49.2 Å². The molecule has 0 aliphatic carbocycles. The second kappa shape index (κ2) is 7.23. The van der Waals surface area contributed by atoms with E-state index in [4.69, 9.17) is 9.47 Å². The second-order valence-electron chi connectivity index (χ2n) is 5.48. The van der Waals surface area contributed by atoms with Gasteiger partial charge in [0.15, 0.2) is 5.17 Å². The number of halogens is 1. The lowest BCUT2D eigenvalue weighted by Gasteiger charge is -2.40. The molecular weight excluding hydrogens is 299 g/mol. The van der Waals surface area contributed by atoms with Crippen molar-refractivity contribution in [3.8, 4) is 0 Å². The fourth-order valence-corrected chi connectivity index (χ4v) is 3.54. The average Bonchev–Trinajstić information content (AvgIpc) is 2.87. The molecule has 8 heteroatoms. The van der Waals surface area contributed by atoms with Crippen LogP contribution in [0.2, 0.25) is 0 Å². The standard InChI is InChI=1S/C13H23FN2O4S/c1-7(19-6-4-5-14)11-10(18)9(17)8-12(20-11)21-13(15-8)16(2)3/h7-12,17-18H,4-6H2,1-3H3/t7-,8+,9+,10-,11+,12+/m0/s1. The van der Waals surface area contributed by atoms with Crippen molar-refractivity contribution in [3.63, 3.8) is 0 Å². The number of aliphatic hydroxyl groups is 2. The van der Waals surface area contributed by atoms with Crippen molar-refractivity contribution in [3.05, 3.63) is 0 Å². The minimum absolute atomic E-state index is 0.265. The Morgan fingerprint density at radius 2 is 2.14 bits per heavy atom. The van der Waals surface area contributed by atoms with Crippen LogP contribution in [-0.2, 0) is 9.47 Å². The Kier molecular flexibility index (Phi) is 5.84. The van der Waals surface area contributed by atoms with Crippen LogP contribution >= 0.6 is 11.8 Å². The molecule has 2 rings (SSSR count). The highest BCUT2D eigenvalue weighted by atomic mass is 32.2. The summed E-state index contributed by atoms with van der Waals surface area (Å²) in [5.74, 6) is 0. The molecule has 6 atom stereocenters. The van der Waals surface area contributed by atoms with Crippen molar-refractivity contribution in [2.75, 3.05) is 27.4 Å². The number of fused-ring (bicyclic) bond motifs is 1. The largest absolute Gasteiger partial charge is 0.388 e. The molecule has 0 bridgehead atoms. The van der Waals surface area contributed by atoms with Crippen LogP contribution in [-0.4, -0.2) is 83.6 Å². The van der Waals surface area contributed by atoms with Gasteiger partial charge in [-0.3, -0.25) is 9.38 Å². The van der Waals surface area contributed by atoms with Crippen molar-refractivity contribution >= 4 is 16.9 Å². The van der Waals surface area contributed by atoms with Crippen LogP contribution in [0, 0.1) is 0 Å². The SMILES string of the molecule is C[C@H](OCCCF)[C@H]1O[C@@H]2SC(N(C)C)=N[C@@H]2[C@@H](O)[C@@H]1O. The summed E-state index contributed by atoms with van der Waals surface area (Å²) in [6, 6.07) is -0.475. The highest BCUT2D eigenvalue weighted by molar-refractivity contribution is 8.14. The normalized spacial score (nSPS) is 37.0. The number of hydrogen-bond acceptors (Lipinski definition) is 7. The Morgan fingerprint density at radius 1 is 1.43 bits per heavy atom. The molecule has 21 heavy (non-hydrogen) atoms. The molecule has 0 saturated carbocycles. The van der Waals surface area contributed by atoms with Gasteiger partial charge in [0.1, 0.15) is 29.8 Å². The molecule has 0 unspecified atom stereocenters. The fraction of sp³-hybridized carbons (Fsp3) is 0.923. The smallest absolute Gasteiger partial charge is 0.161 e. The number of rotatable bonds is 5. The van der Waals surface area contributed by atoms with E-state index in [-0.39, 0.29) is 12.0 Å². The molecule has 2 aliphatic heterocycles. The van der Waals surface area contributed by atoms with Gasteiger partial charge in [0.05, 0.1) is 12.8 Å². The molecular formula is C13H23FN2O4S. The van der Waals surface area contributed by atoms with Crippen LogP contribution < -0.4 is 0 Å². The zero-order chi connectivity index (χ0) is 15.6. The first-order chi connectivity index (χ1) is 9.95. The lowest BCUT2D eigenvalue weighted by molar-refractivity contribution is -0.191. The van der Waals surface area contributed by atoms with Gasteiger partial charge in [-0.05, 0) is 13.3 Å². The van der Waals surface area contributed by atoms with Gasteiger partial charge in [-0.2, -0.15) is 0 Å². The number of aliphatic hydroxyl groups excluding tert-OH is 2. The number of amidine groups is 1. The number of alkyl halides is 1. The van der Waals surface area contributed by atoms with Crippen molar-refractivity contribution in [1.82, 2.24) is 4.90 Å². The number of ether oxygens (including phenoxy) is 2. The van der Waals surface area contributed by atoms with E-state index in [2.05, 4.69) is 4.99 Å². The summed E-state index contributed by atoms with van der Waals surface area (Å²) >= 11 is 1.43. The van der Waals surface area contributed by atoms with Crippen LogP contribution in [0.4, 0.5) is 4.39 Å². The molecule has 0 radical (unpaired) electrons. The highest BCUT2D eigenvalue weighted by Gasteiger charge is 2.50. The van der Waals surface area contributed by atoms with E-state index in [1.165, 1.54) is 11.8 Å². The Labute approximate surface area is 128 Å². The minimum Gasteiger partial charge on any atom is -0.388 e. The highest BCUT2D eigenvalue weighted by Crippen LogP contribution is 2.38. The number of nitrogens with zero attached hydrogens (tertiary/aromatic N) is 2. The topological polar surface area (TPSA) is 74.5 Å². The summed E-state index contributed by atoms with van der Waals surface area (Å²) in [4.78, 5) is 6.24. The molecule has 0 spiro atoms. The van der Waals surface area contributed by atoms with Gasteiger partial charge in [-0.1, -0.05) is 11.8 Å². The molecule has 1 saturated heterocycles. The summed E-state index contributed by atoms with van der Waals surface area (Å²) in [5.41, 5.74) is -0.335. The molecule has 0 aromatic carbocycles. The molecule has 1 fully saturated rings. The zero-order valence-electron chi connectivity index (χ0n) is 12.5. The summed E-state index contributed by atoms with van der Waals surface area (Å²) < 4.78 is 23.4. The van der Waals surface area contributed by atoms with Gasteiger partial charge < -0.3 is 24.6 Å². The molecule has 122 valence electrons. The van der Waals surface area contributed by atoms with Gasteiger partial charge in [-0.15, -0.1) is 0 Å². The third-order valence-corrected chi connectivity index (χ3v) is 4.90. The first-order valence-corrected chi connectivity index (χ1v) is 7.94. The predicted molar refractivity (Wildman–Crippen MR) is 79.2 cm³/mol. The first-order valence-electron chi connectivity index (χ1n) is 7.06. The van der Waals surface area contributed by atoms with Gasteiger partial charge in [0, 0.05) is 20.7 Å². The molecule has 6 nitrogen and oxygen atoms in total. The van der Waals surface area contributed by atoms with E-state index in [1.807, 2.05) is 19.0 Å². The Hall–Kier alpha value is -0.410. The molecule has 0 aromatic rings. The summed E-state index contributed by atoms with van der Waals surface area (Å²) in [7, 11) is 3.73. The van der Waals surface area contributed by atoms with Crippen molar-refractivity contribution in [1.29, 1.82) is 0 Å². The van der Waals surface area contributed by atoms with Crippen LogP contribution in [0.5, 0.6) is 0 Å². The van der Waals surface area contributed by atoms with Crippen molar-refractivity contribution in [2.24, 2.45) is 4.99 Å². The number of aliphatic imine (C=N–C) groups is 1. The molecule has 0 aromatic heterocycles. The van der Waals surface area contributed by atoms with E-state index in [9.17, 15) is 14.6 Å². The zero-order valence-corrected chi connectivity index (χ0v) is 13.3. The van der Waals surface area contributed by atoms with Crippen LogP contribution in [0.15, 0.2) is 4.99 Å². The Morgan fingerprint density at radius 3 is 2.76 bits per heavy atom. The van der Waals surface area contributed by atoms with E-state index in [1.54, 1.807) is 6.92 Å². The summed E-state index contributed by atoms with van der Waals surface area (Å²) in [6.45, 7) is 1.58. The molecule has 2 aliphatic rings. The van der Waals surface area contributed by atoms with Crippen molar-refractivity contribution < 1.29 is 24.1 Å². The average molecular weight is 322 g/mol. The maximum atomic E-state index is 12.1. The molecule has 2 N–H and O–H groups in total. The molecule has 2 heterocycles. The van der Waals surface area contributed by atoms with E-state index < -0.39 is 37.1 Å². The third-order valence-electron chi connectivity index (χ3n) is 3.59. The lowest BCUT2D eigenvalue weighted by atomic mass is 9.95. The molecule has 0 amide bonds. The lowest BCUT2D eigenvalue weighted by Crippen LogP contribution is -2.58.